The van der Waals surface area contributed by atoms with Crippen LogP contribution in [-0.4, -0.2) is 33.6 Å². The lowest BCUT2D eigenvalue weighted by Gasteiger charge is -2.00. The monoisotopic (exact) mass is 342 g/mol. The molecule has 0 fully saturated rings. The highest BCUT2D eigenvalue weighted by Gasteiger charge is 1.98. The van der Waals surface area contributed by atoms with Crippen LogP contribution < -0.4 is 11.2 Å². The number of phenols is 3. The van der Waals surface area contributed by atoms with Gasteiger partial charge in [-0.15, -0.1) is 12.4 Å². The Hall–Kier alpha value is -1.99. The van der Waals surface area contributed by atoms with Crippen LogP contribution >= 0.6 is 12.4 Å². The van der Waals surface area contributed by atoms with E-state index in [1.807, 2.05) is 12.1 Å². The number of rotatable bonds is 5. The maximum absolute atomic E-state index is 9.04. The van der Waals surface area contributed by atoms with Crippen molar-refractivity contribution in [2.24, 2.45) is 5.73 Å². The number of phenolic OH excluding ortho intramolecular Hbond substituents is 3. The molecule has 0 atom stereocenters. The highest BCUT2D eigenvalue weighted by atomic mass is 35.5. The average Bonchev–Trinajstić information content (AvgIpc) is 2.51. The molecule has 7 N–H and O–H groups in total. The zero-order valence-corrected chi connectivity index (χ0v) is 13.5. The molecule has 2 aromatic carbocycles. The normalized spacial score (nSPS) is 9.48. The summed E-state index contributed by atoms with van der Waals surface area (Å²) in [6, 6.07) is 11.6. The number of hydrogen-bond acceptors (Lipinski definition) is 6. The van der Waals surface area contributed by atoms with E-state index in [0.29, 0.717) is 19.5 Å². The second kappa shape index (κ2) is 11.6. The number of halogens is 1. The first-order chi connectivity index (χ1) is 10.6. The molecule has 0 aromatic heterocycles. The third-order valence-corrected chi connectivity index (χ3v) is 2.93. The topological polar surface area (TPSA) is 119 Å². The van der Waals surface area contributed by atoms with Gasteiger partial charge in [0, 0.05) is 6.54 Å². The molecule has 0 spiro atoms. The standard InChI is InChI=1S/2C8H11NO2.ClH/c10-8-3-1-7(2-4-8)5-6-9-11;9-4-3-6-1-2-7(10)8(11)5-6;/h1-4,9-11H,5-6H2;1-2,5,10-11H,3-4,9H2;1H. The second-order valence-corrected chi connectivity index (χ2v) is 4.69. The minimum Gasteiger partial charge on any atom is -0.508 e. The van der Waals surface area contributed by atoms with Crippen molar-refractivity contribution in [2.45, 2.75) is 12.8 Å². The first kappa shape index (κ1) is 21.0. The summed E-state index contributed by atoms with van der Waals surface area (Å²) in [6.45, 7) is 1.08. The van der Waals surface area contributed by atoms with E-state index in [4.69, 9.17) is 26.3 Å². The molecule has 0 aliphatic carbocycles. The van der Waals surface area contributed by atoms with Crippen molar-refractivity contribution in [3.05, 3.63) is 53.6 Å². The van der Waals surface area contributed by atoms with Gasteiger partial charge in [-0.3, -0.25) is 0 Å². The maximum atomic E-state index is 9.04. The molecular weight excluding hydrogens is 320 g/mol. The molecule has 0 aliphatic heterocycles. The van der Waals surface area contributed by atoms with Crippen LogP contribution in [0, 0.1) is 0 Å². The Labute approximate surface area is 141 Å². The van der Waals surface area contributed by atoms with E-state index in [1.165, 1.54) is 12.1 Å². The molecule has 0 aliphatic rings. The number of aromatic hydroxyl groups is 3. The van der Waals surface area contributed by atoms with Gasteiger partial charge in [-0.1, -0.05) is 18.2 Å². The summed E-state index contributed by atoms with van der Waals surface area (Å²) >= 11 is 0. The molecular formula is C16H23ClN2O4. The van der Waals surface area contributed by atoms with Gasteiger partial charge in [0.1, 0.15) is 5.75 Å². The smallest absolute Gasteiger partial charge is 0.157 e. The van der Waals surface area contributed by atoms with Crippen LogP contribution in [0.25, 0.3) is 0 Å². The van der Waals surface area contributed by atoms with E-state index in [9.17, 15) is 0 Å². The molecule has 0 saturated heterocycles. The molecule has 0 amide bonds. The van der Waals surface area contributed by atoms with Crippen LogP contribution in [0.15, 0.2) is 42.5 Å². The lowest BCUT2D eigenvalue weighted by atomic mass is 10.1. The van der Waals surface area contributed by atoms with Crippen LogP contribution in [0.4, 0.5) is 0 Å². The minimum absolute atomic E-state index is 0. The second-order valence-electron chi connectivity index (χ2n) is 4.69. The zero-order valence-electron chi connectivity index (χ0n) is 12.6. The molecule has 7 heteroatoms. The van der Waals surface area contributed by atoms with Crippen LogP contribution in [0.5, 0.6) is 17.2 Å². The third-order valence-electron chi connectivity index (χ3n) is 2.93. The Bertz CT molecular complexity index is 565. The highest BCUT2D eigenvalue weighted by molar-refractivity contribution is 5.85. The molecule has 0 heterocycles. The number of benzene rings is 2. The summed E-state index contributed by atoms with van der Waals surface area (Å²) in [5.41, 5.74) is 9.39. The predicted molar refractivity (Wildman–Crippen MR) is 91.4 cm³/mol. The average molecular weight is 343 g/mol. The Morgan fingerprint density at radius 3 is 1.96 bits per heavy atom. The van der Waals surface area contributed by atoms with Gasteiger partial charge in [-0.25, -0.2) is 5.48 Å². The number of hydrogen-bond donors (Lipinski definition) is 6. The molecule has 0 saturated carbocycles. The van der Waals surface area contributed by atoms with E-state index in [1.54, 1.807) is 18.2 Å². The fourth-order valence-corrected chi connectivity index (χ4v) is 1.75. The Kier molecular flexibility index (Phi) is 10.6. The van der Waals surface area contributed by atoms with Crippen molar-refractivity contribution in [3.8, 4) is 17.2 Å². The predicted octanol–water partition coefficient (Wildman–Crippen LogP) is 1.93. The quantitative estimate of drug-likeness (QED) is 0.365. The SMILES string of the molecule is Cl.NCCc1ccc(O)c(O)c1.ONCCc1ccc(O)cc1. The number of nitrogens with two attached hydrogens (primary N) is 1. The van der Waals surface area contributed by atoms with Gasteiger partial charge in [0.05, 0.1) is 0 Å². The maximum Gasteiger partial charge on any atom is 0.157 e. The number of hydroxylamine groups is 1. The lowest BCUT2D eigenvalue weighted by molar-refractivity contribution is 0.168. The zero-order chi connectivity index (χ0) is 16.4. The molecule has 0 radical (unpaired) electrons. The van der Waals surface area contributed by atoms with Crippen molar-refractivity contribution in [1.82, 2.24) is 5.48 Å². The van der Waals surface area contributed by atoms with Gasteiger partial charge in [-0.2, -0.15) is 0 Å². The van der Waals surface area contributed by atoms with E-state index in [0.717, 1.165) is 17.5 Å². The van der Waals surface area contributed by atoms with Gasteiger partial charge in [-0.05, 0) is 54.8 Å². The van der Waals surface area contributed by atoms with Crippen molar-refractivity contribution in [1.29, 1.82) is 0 Å². The Morgan fingerprint density at radius 2 is 1.43 bits per heavy atom. The highest BCUT2D eigenvalue weighted by Crippen LogP contribution is 2.24. The Morgan fingerprint density at radius 1 is 0.826 bits per heavy atom. The van der Waals surface area contributed by atoms with Crippen LogP contribution in [0.3, 0.4) is 0 Å². The van der Waals surface area contributed by atoms with E-state index in [-0.39, 0.29) is 29.7 Å². The summed E-state index contributed by atoms with van der Waals surface area (Å²) in [4.78, 5) is 0. The first-order valence-corrected chi connectivity index (χ1v) is 6.92. The van der Waals surface area contributed by atoms with E-state index < -0.39 is 0 Å². The van der Waals surface area contributed by atoms with Gasteiger partial charge < -0.3 is 26.3 Å². The summed E-state index contributed by atoms with van der Waals surface area (Å²) in [7, 11) is 0. The van der Waals surface area contributed by atoms with Crippen LogP contribution in [0.1, 0.15) is 11.1 Å². The van der Waals surface area contributed by atoms with E-state index in [2.05, 4.69) is 5.48 Å². The third kappa shape index (κ3) is 8.27. The molecule has 23 heavy (non-hydrogen) atoms. The summed E-state index contributed by atoms with van der Waals surface area (Å²) in [5.74, 6) is 0.0902. The molecule has 6 nitrogen and oxygen atoms in total. The van der Waals surface area contributed by atoms with Crippen molar-refractivity contribution >= 4 is 12.4 Å². The van der Waals surface area contributed by atoms with Crippen molar-refractivity contribution in [3.63, 3.8) is 0 Å². The van der Waals surface area contributed by atoms with Gasteiger partial charge in [0.15, 0.2) is 11.5 Å². The van der Waals surface area contributed by atoms with Gasteiger partial charge >= 0.3 is 0 Å². The van der Waals surface area contributed by atoms with Crippen molar-refractivity contribution in [2.75, 3.05) is 13.1 Å². The molecule has 0 unspecified atom stereocenters. The fourth-order valence-electron chi connectivity index (χ4n) is 1.75. The molecule has 2 rings (SSSR count). The minimum atomic E-state index is -0.0919. The number of nitrogens with one attached hydrogen (secondary N) is 1. The van der Waals surface area contributed by atoms with Crippen LogP contribution in [0.2, 0.25) is 0 Å². The first-order valence-electron chi connectivity index (χ1n) is 6.92. The Balaban J connectivity index is 0.000000403. The summed E-state index contributed by atoms with van der Waals surface area (Å²) < 4.78 is 0. The van der Waals surface area contributed by atoms with Crippen LogP contribution in [-0.2, 0) is 12.8 Å². The van der Waals surface area contributed by atoms with Crippen molar-refractivity contribution < 1.29 is 20.5 Å². The fraction of sp³-hybridized carbons (Fsp3) is 0.250. The van der Waals surface area contributed by atoms with Gasteiger partial charge in [0.25, 0.3) is 0 Å². The summed E-state index contributed by atoms with van der Waals surface area (Å²) in [5, 5.41) is 35.2. The summed E-state index contributed by atoms with van der Waals surface area (Å²) in [6.07, 6.45) is 1.48. The van der Waals surface area contributed by atoms with E-state index >= 15 is 0 Å². The molecule has 0 bridgehead atoms. The lowest BCUT2D eigenvalue weighted by Crippen LogP contribution is -2.10. The van der Waals surface area contributed by atoms with Gasteiger partial charge in [0.2, 0.25) is 0 Å². The molecule has 2 aromatic rings. The largest absolute Gasteiger partial charge is 0.508 e. The molecule has 128 valence electrons.